The van der Waals surface area contributed by atoms with Gasteiger partial charge in [0, 0.05) is 12.0 Å². The molecule has 1 aliphatic heterocycles. The van der Waals surface area contributed by atoms with Crippen LogP contribution in [0, 0.1) is 0 Å². The van der Waals surface area contributed by atoms with E-state index in [1.165, 1.54) is 0 Å². The second-order valence-corrected chi connectivity index (χ2v) is 5.40. The second kappa shape index (κ2) is 4.20. The van der Waals surface area contributed by atoms with E-state index in [0.29, 0.717) is 12.5 Å². The third-order valence-corrected chi connectivity index (χ3v) is 3.89. The summed E-state index contributed by atoms with van der Waals surface area (Å²) in [6.45, 7) is 5.75. The molecule has 15 heavy (non-hydrogen) atoms. The number of hydrogen-bond acceptors (Lipinski definition) is 4. The molecule has 0 spiro atoms. The van der Waals surface area contributed by atoms with Gasteiger partial charge < -0.3 is 10.5 Å². The summed E-state index contributed by atoms with van der Waals surface area (Å²) >= 11 is 1.67. The lowest BCUT2D eigenvalue weighted by molar-refractivity contribution is 0.0365. The molecule has 1 atom stereocenters. The minimum absolute atomic E-state index is 0.337. The Morgan fingerprint density at radius 1 is 1.60 bits per heavy atom. The van der Waals surface area contributed by atoms with E-state index in [4.69, 9.17) is 10.5 Å². The summed E-state index contributed by atoms with van der Waals surface area (Å²) < 4.78 is 5.45. The van der Waals surface area contributed by atoms with E-state index in [1.807, 2.05) is 0 Å². The van der Waals surface area contributed by atoms with Crippen molar-refractivity contribution >= 4 is 11.3 Å². The normalized spacial score (nSPS) is 27.2. The highest BCUT2D eigenvalue weighted by Gasteiger charge is 2.33. The van der Waals surface area contributed by atoms with E-state index in [2.05, 4.69) is 24.2 Å². The molecule has 4 heteroatoms. The van der Waals surface area contributed by atoms with Crippen molar-refractivity contribution in [3.05, 3.63) is 16.1 Å². The smallest absolute Gasteiger partial charge is 0.115 e. The van der Waals surface area contributed by atoms with Gasteiger partial charge in [0.1, 0.15) is 5.01 Å². The molecule has 1 aromatic rings. The van der Waals surface area contributed by atoms with Gasteiger partial charge >= 0.3 is 0 Å². The van der Waals surface area contributed by atoms with Crippen LogP contribution in [-0.2, 0) is 10.3 Å². The Balaban J connectivity index is 2.20. The molecule has 2 N–H and O–H groups in total. The first-order valence-corrected chi connectivity index (χ1v) is 6.32. The molecule has 3 nitrogen and oxygen atoms in total. The van der Waals surface area contributed by atoms with Gasteiger partial charge in [0.15, 0.2) is 0 Å². The van der Waals surface area contributed by atoms with E-state index >= 15 is 0 Å². The van der Waals surface area contributed by atoms with Crippen LogP contribution in [0.15, 0.2) is 5.38 Å². The Bertz CT molecular complexity index is 329. The van der Waals surface area contributed by atoms with Gasteiger partial charge in [0.05, 0.1) is 17.8 Å². The molecule has 2 heterocycles. The average molecular weight is 226 g/mol. The topological polar surface area (TPSA) is 48.1 Å². The highest BCUT2D eigenvalue weighted by Crippen LogP contribution is 2.31. The van der Waals surface area contributed by atoms with Crippen LogP contribution >= 0.6 is 11.3 Å². The number of aromatic nitrogens is 1. The number of ether oxygens (including phenoxy) is 1. The van der Waals surface area contributed by atoms with Crippen LogP contribution in [-0.4, -0.2) is 18.2 Å². The van der Waals surface area contributed by atoms with Crippen LogP contribution in [0.4, 0.5) is 0 Å². The summed E-state index contributed by atoms with van der Waals surface area (Å²) in [4.78, 5) is 4.62. The standard InChI is InChI=1S/C11H18N2OS/c1-8(2)9-6-15-10(13-9)11(12)4-3-5-14-7-11/h6,8H,3-5,7,12H2,1-2H3. The fraction of sp³-hybridized carbons (Fsp3) is 0.727. The molecule has 1 saturated heterocycles. The molecule has 1 aromatic heterocycles. The van der Waals surface area contributed by atoms with Gasteiger partial charge in [-0.15, -0.1) is 11.3 Å². The molecule has 84 valence electrons. The van der Waals surface area contributed by atoms with Crippen LogP contribution in [0.2, 0.25) is 0 Å². The number of rotatable bonds is 2. The lowest BCUT2D eigenvalue weighted by Gasteiger charge is -2.31. The average Bonchev–Trinajstić information content (AvgIpc) is 2.68. The Kier molecular flexibility index (Phi) is 3.09. The van der Waals surface area contributed by atoms with E-state index in [1.54, 1.807) is 11.3 Å². The molecule has 0 bridgehead atoms. The summed E-state index contributed by atoms with van der Waals surface area (Å²) in [7, 11) is 0. The summed E-state index contributed by atoms with van der Waals surface area (Å²) in [6, 6.07) is 0. The SMILES string of the molecule is CC(C)c1csc(C2(N)CCCOC2)n1. The van der Waals surface area contributed by atoms with Gasteiger partial charge in [0.2, 0.25) is 0 Å². The zero-order valence-corrected chi connectivity index (χ0v) is 10.1. The predicted octanol–water partition coefficient (Wildman–Crippen LogP) is 2.23. The van der Waals surface area contributed by atoms with Crippen LogP contribution in [0.1, 0.15) is 43.3 Å². The van der Waals surface area contributed by atoms with Crippen LogP contribution in [0.3, 0.4) is 0 Å². The summed E-state index contributed by atoms with van der Waals surface area (Å²) in [6.07, 6.45) is 2.02. The molecule has 0 saturated carbocycles. The van der Waals surface area contributed by atoms with Gasteiger partial charge in [-0.3, -0.25) is 0 Å². The third-order valence-electron chi connectivity index (χ3n) is 2.81. The minimum atomic E-state index is -0.337. The van der Waals surface area contributed by atoms with Gasteiger partial charge in [-0.25, -0.2) is 4.98 Å². The van der Waals surface area contributed by atoms with Gasteiger partial charge in [0.25, 0.3) is 0 Å². The van der Waals surface area contributed by atoms with Crippen LogP contribution in [0.25, 0.3) is 0 Å². The maximum Gasteiger partial charge on any atom is 0.115 e. The largest absolute Gasteiger partial charge is 0.379 e. The molecule has 0 aromatic carbocycles. The third kappa shape index (κ3) is 2.22. The van der Waals surface area contributed by atoms with E-state index in [0.717, 1.165) is 30.2 Å². The van der Waals surface area contributed by atoms with Gasteiger partial charge in [-0.2, -0.15) is 0 Å². The quantitative estimate of drug-likeness (QED) is 0.841. The molecule has 1 aliphatic rings. The van der Waals surface area contributed by atoms with E-state index in [9.17, 15) is 0 Å². The van der Waals surface area contributed by atoms with Crippen molar-refractivity contribution in [3.63, 3.8) is 0 Å². The van der Waals surface area contributed by atoms with E-state index in [-0.39, 0.29) is 5.54 Å². The van der Waals surface area contributed by atoms with Crippen molar-refractivity contribution in [1.82, 2.24) is 4.98 Å². The lowest BCUT2D eigenvalue weighted by atomic mass is 9.94. The van der Waals surface area contributed by atoms with Crippen LogP contribution in [0.5, 0.6) is 0 Å². The van der Waals surface area contributed by atoms with Crippen molar-refractivity contribution < 1.29 is 4.74 Å². The fourth-order valence-corrected chi connectivity index (χ4v) is 2.88. The van der Waals surface area contributed by atoms with Crippen molar-refractivity contribution in [1.29, 1.82) is 0 Å². The lowest BCUT2D eigenvalue weighted by Crippen LogP contribution is -2.44. The zero-order chi connectivity index (χ0) is 10.9. The Hall–Kier alpha value is -0.450. The molecular formula is C11H18N2OS. The molecule has 1 fully saturated rings. The zero-order valence-electron chi connectivity index (χ0n) is 9.32. The molecular weight excluding hydrogens is 208 g/mol. The summed E-state index contributed by atoms with van der Waals surface area (Å²) in [5.74, 6) is 0.475. The Labute approximate surface area is 94.7 Å². The number of hydrogen-bond donors (Lipinski definition) is 1. The number of thiazole rings is 1. The number of nitrogens with zero attached hydrogens (tertiary/aromatic N) is 1. The minimum Gasteiger partial charge on any atom is -0.379 e. The monoisotopic (exact) mass is 226 g/mol. The Morgan fingerprint density at radius 2 is 2.40 bits per heavy atom. The maximum absolute atomic E-state index is 6.32. The first-order valence-electron chi connectivity index (χ1n) is 5.44. The van der Waals surface area contributed by atoms with Crippen molar-refractivity contribution in [3.8, 4) is 0 Å². The van der Waals surface area contributed by atoms with Crippen LogP contribution < -0.4 is 5.73 Å². The van der Waals surface area contributed by atoms with Crippen molar-refractivity contribution in [2.45, 2.75) is 38.1 Å². The first kappa shape index (κ1) is 11.0. The molecule has 1 unspecified atom stereocenters. The molecule has 2 rings (SSSR count). The molecule has 0 amide bonds. The van der Waals surface area contributed by atoms with Gasteiger partial charge in [-0.05, 0) is 18.8 Å². The summed E-state index contributed by atoms with van der Waals surface area (Å²) in [5.41, 5.74) is 7.12. The predicted molar refractivity (Wildman–Crippen MR) is 62.1 cm³/mol. The summed E-state index contributed by atoms with van der Waals surface area (Å²) in [5, 5.41) is 3.15. The van der Waals surface area contributed by atoms with Crippen molar-refractivity contribution in [2.24, 2.45) is 5.73 Å². The molecule has 0 aliphatic carbocycles. The highest BCUT2D eigenvalue weighted by atomic mass is 32.1. The molecule has 0 radical (unpaired) electrons. The van der Waals surface area contributed by atoms with E-state index < -0.39 is 0 Å². The maximum atomic E-state index is 6.32. The fourth-order valence-electron chi connectivity index (χ4n) is 1.76. The Morgan fingerprint density at radius 3 is 2.93 bits per heavy atom. The van der Waals surface area contributed by atoms with Gasteiger partial charge in [-0.1, -0.05) is 13.8 Å². The highest BCUT2D eigenvalue weighted by molar-refractivity contribution is 7.09. The first-order chi connectivity index (χ1) is 7.12. The van der Waals surface area contributed by atoms with Crippen molar-refractivity contribution in [2.75, 3.05) is 13.2 Å². The second-order valence-electron chi connectivity index (χ2n) is 4.54. The number of nitrogens with two attached hydrogens (primary N) is 1.